The average molecular weight is 631 g/mol. The molecule has 1 aromatic carbocycles. The summed E-state index contributed by atoms with van der Waals surface area (Å²) < 4.78 is 57.0. The molecule has 4 rings (SSSR count). The van der Waals surface area contributed by atoms with Gasteiger partial charge in [0.1, 0.15) is 5.56 Å². The predicted molar refractivity (Wildman–Crippen MR) is 151 cm³/mol. The van der Waals surface area contributed by atoms with E-state index >= 15 is 0 Å². The molecule has 3 aromatic rings. The molecule has 2 heterocycles. The van der Waals surface area contributed by atoms with E-state index in [-0.39, 0.29) is 75.6 Å². The van der Waals surface area contributed by atoms with Gasteiger partial charge in [0.25, 0.3) is 12.3 Å². The van der Waals surface area contributed by atoms with Gasteiger partial charge < -0.3 is 25.7 Å². The summed E-state index contributed by atoms with van der Waals surface area (Å²) in [5.74, 6) is -1.94. The lowest BCUT2D eigenvalue weighted by atomic mass is 9.86. The molecular weight excluding hydrogens is 603 g/mol. The molecule has 42 heavy (non-hydrogen) atoms. The van der Waals surface area contributed by atoms with Gasteiger partial charge >= 0.3 is 0 Å². The third-order valence-corrected chi connectivity index (χ3v) is 7.48. The zero-order chi connectivity index (χ0) is 30.6. The van der Waals surface area contributed by atoms with Crippen molar-refractivity contribution in [3.05, 3.63) is 51.5 Å². The van der Waals surface area contributed by atoms with Crippen LogP contribution in [0.5, 0.6) is 5.88 Å². The molecule has 0 atom stereocenters. The van der Waals surface area contributed by atoms with Gasteiger partial charge in [-0.1, -0.05) is 35.8 Å². The number of pyridine rings is 1. The first kappa shape index (κ1) is 31.4. The number of hydrogen-bond acceptors (Lipinski definition) is 6. The molecule has 15 heteroatoms. The number of hydrogen-bond donors (Lipinski definition) is 4. The predicted octanol–water partition coefficient (Wildman–Crippen LogP) is 6.40. The van der Waals surface area contributed by atoms with E-state index in [0.717, 1.165) is 0 Å². The fourth-order valence-electron chi connectivity index (χ4n) is 4.47. The summed E-state index contributed by atoms with van der Waals surface area (Å²) in [7, 11) is 0. The maximum atomic E-state index is 13.1. The minimum Gasteiger partial charge on any atom is -0.471 e. The number of aromatic nitrogens is 3. The summed E-state index contributed by atoms with van der Waals surface area (Å²) in [4.78, 5) is 36.4. The second kappa shape index (κ2) is 13.6. The second-order valence-corrected chi connectivity index (χ2v) is 10.7. The topological polar surface area (TPSA) is 121 Å². The number of aromatic amines is 1. The van der Waals surface area contributed by atoms with Crippen LogP contribution in [0.2, 0.25) is 10.0 Å². The number of imidazole rings is 1. The molecule has 0 unspecified atom stereocenters. The van der Waals surface area contributed by atoms with Crippen LogP contribution in [0.3, 0.4) is 0 Å². The Morgan fingerprint density at radius 3 is 2.50 bits per heavy atom. The third-order valence-electron chi connectivity index (χ3n) is 6.73. The zero-order valence-electron chi connectivity index (χ0n) is 22.4. The monoisotopic (exact) mass is 630 g/mol. The molecule has 2 amide bonds. The van der Waals surface area contributed by atoms with Gasteiger partial charge in [0.15, 0.2) is 12.3 Å². The Hall–Kier alpha value is -3.58. The zero-order valence-corrected chi connectivity index (χ0v) is 23.9. The van der Waals surface area contributed by atoms with Crippen molar-refractivity contribution in [3.8, 4) is 5.88 Å². The highest BCUT2D eigenvalue weighted by Gasteiger charge is 2.29. The molecule has 1 aliphatic rings. The minimum absolute atomic E-state index is 0.0490. The van der Waals surface area contributed by atoms with Crippen molar-refractivity contribution in [1.29, 1.82) is 0 Å². The first-order valence-electron chi connectivity index (χ1n) is 13.0. The molecule has 1 aliphatic carbocycles. The van der Waals surface area contributed by atoms with Gasteiger partial charge in [0.05, 0.1) is 21.2 Å². The molecule has 0 saturated heterocycles. The molecule has 1 saturated carbocycles. The van der Waals surface area contributed by atoms with Crippen LogP contribution in [0.25, 0.3) is 11.2 Å². The van der Waals surface area contributed by atoms with Gasteiger partial charge in [-0.2, -0.15) is 9.97 Å². The smallest absolute Gasteiger partial charge is 0.272 e. The number of fused-ring (bicyclic) bond motifs is 1. The number of ether oxygens (including phenoxy) is 1. The maximum Gasteiger partial charge on any atom is 0.272 e. The molecule has 0 bridgehead atoms. The number of halogens is 6. The van der Waals surface area contributed by atoms with Crippen molar-refractivity contribution in [3.63, 3.8) is 0 Å². The number of benzene rings is 1. The van der Waals surface area contributed by atoms with Crippen LogP contribution in [0.15, 0.2) is 30.4 Å². The molecule has 0 radical (unpaired) electrons. The molecule has 0 aliphatic heterocycles. The number of nitrogens with zero attached hydrogens (tertiary/aromatic N) is 2. The summed E-state index contributed by atoms with van der Waals surface area (Å²) in [5.41, 5.74) is 1.35. The average Bonchev–Trinajstić information content (AvgIpc) is 3.34. The first-order valence-corrected chi connectivity index (χ1v) is 13.8. The SMILES string of the molecule is C=C(C)C(=O)NCc1ccc(Cl)c(Nc2nc3nc(OCC(F)F)c(C(=O)NC4CCC(C(F)F)CC4)cc3[nH]2)c1Cl. The number of H-pyrrole nitrogens is 1. The van der Waals surface area contributed by atoms with Crippen LogP contribution in [0.4, 0.5) is 29.2 Å². The Labute approximate surface area is 248 Å². The van der Waals surface area contributed by atoms with Gasteiger partial charge in [-0.15, -0.1) is 0 Å². The van der Waals surface area contributed by atoms with Crippen molar-refractivity contribution in [2.75, 3.05) is 11.9 Å². The molecule has 2 aromatic heterocycles. The fourth-order valence-corrected chi connectivity index (χ4v) is 5.00. The molecule has 4 N–H and O–H groups in total. The van der Waals surface area contributed by atoms with E-state index < -0.39 is 31.3 Å². The van der Waals surface area contributed by atoms with Gasteiger partial charge in [-0.3, -0.25) is 9.59 Å². The molecule has 0 spiro atoms. The van der Waals surface area contributed by atoms with Crippen LogP contribution in [-0.2, 0) is 11.3 Å². The summed E-state index contributed by atoms with van der Waals surface area (Å²) in [6.07, 6.45) is -4.00. The van der Waals surface area contributed by atoms with Gasteiger partial charge in [0.2, 0.25) is 24.2 Å². The Bertz CT molecular complexity index is 1480. The summed E-state index contributed by atoms with van der Waals surface area (Å²) in [6.45, 7) is 4.25. The fraction of sp³-hybridized carbons (Fsp3) is 0.407. The van der Waals surface area contributed by atoms with Crippen LogP contribution in [-0.4, -0.2) is 52.3 Å². The van der Waals surface area contributed by atoms with Crippen molar-refractivity contribution in [1.82, 2.24) is 25.6 Å². The largest absolute Gasteiger partial charge is 0.471 e. The van der Waals surface area contributed by atoms with E-state index in [2.05, 4.69) is 37.5 Å². The van der Waals surface area contributed by atoms with Crippen molar-refractivity contribution < 1.29 is 31.9 Å². The third kappa shape index (κ3) is 7.62. The second-order valence-electron chi connectivity index (χ2n) is 9.90. The molecule has 226 valence electrons. The summed E-state index contributed by atoms with van der Waals surface area (Å²) in [5, 5.41) is 8.86. The van der Waals surface area contributed by atoms with E-state index in [0.29, 0.717) is 24.0 Å². The Kier molecular flexibility index (Phi) is 10.2. The molecular formula is C27H28Cl2F4N6O3. The summed E-state index contributed by atoms with van der Waals surface area (Å²) in [6, 6.07) is 4.22. The highest BCUT2D eigenvalue weighted by Crippen LogP contribution is 2.36. The normalized spacial score (nSPS) is 17.0. The number of amides is 2. The lowest BCUT2D eigenvalue weighted by Gasteiger charge is -2.28. The first-order chi connectivity index (χ1) is 19.9. The maximum absolute atomic E-state index is 13.1. The van der Waals surface area contributed by atoms with E-state index in [1.165, 1.54) is 6.07 Å². The van der Waals surface area contributed by atoms with Gasteiger partial charge in [0, 0.05) is 24.1 Å². The van der Waals surface area contributed by atoms with Crippen LogP contribution >= 0.6 is 23.2 Å². The Balaban J connectivity index is 1.57. The highest BCUT2D eigenvalue weighted by molar-refractivity contribution is 6.39. The van der Waals surface area contributed by atoms with E-state index in [1.807, 2.05) is 0 Å². The number of carbonyl (C=O) groups is 2. The summed E-state index contributed by atoms with van der Waals surface area (Å²) >= 11 is 12.9. The number of carbonyl (C=O) groups excluding carboxylic acids is 2. The van der Waals surface area contributed by atoms with E-state index in [1.54, 1.807) is 19.1 Å². The van der Waals surface area contributed by atoms with Crippen LogP contribution in [0.1, 0.15) is 48.5 Å². The number of nitrogens with one attached hydrogen (secondary N) is 4. The Morgan fingerprint density at radius 2 is 1.86 bits per heavy atom. The lowest BCUT2D eigenvalue weighted by molar-refractivity contribution is -0.117. The van der Waals surface area contributed by atoms with Crippen molar-refractivity contribution >= 4 is 57.8 Å². The molecule has 1 fully saturated rings. The number of alkyl halides is 4. The highest BCUT2D eigenvalue weighted by atomic mass is 35.5. The van der Waals surface area contributed by atoms with Crippen molar-refractivity contribution in [2.24, 2.45) is 5.92 Å². The lowest BCUT2D eigenvalue weighted by Crippen LogP contribution is -2.38. The minimum atomic E-state index is -2.82. The number of rotatable bonds is 11. The van der Waals surface area contributed by atoms with Crippen molar-refractivity contribution in [2.45, 2.75) is 58.0 Å². The standard InChI is InChI=1S/C27H28Cl2F4N6O3/c1-12(2)24(40)34-10-14-5-8-17(28)21(20(14)29)37-27-36-18-9-16(26(38-23(18)39-27)42-11-19(30)31)25(41)35-15-6-3-13(4-7-15)22(32)33/h5,8-9,13,15,19,22H,1,3-4,6-7,10-11H2,2H3,(H,34,40)(H,35,41)(H2,36,37,38,39). The molecule has 9 nitrogen and oxygen atoms in total. The van der Waals surface area contributed by atoms with Gasteiger partial charge in [-0.25, -0.2) is 17.6 Å². The van der Waals surface area contributed by atoms with E-state index in [9.17, 15) is 27.2 Å². The Morgan fingerprint density at radius 1 is 1.14 bits per heavy atom. The van der Waals surface area contributed by atoms with Crippen LogP contribution in [0, 0.1) is 5.92 Å². The van der Waals surface area contributed by atoms with Gasteiger partial charge in [-0.05, 0) is 50.3 Å². The number of anilines is 2. The quantitative estimate of drug-likeness (QED) is 0.144. The van der Waals surface area contributed by atoms with Crippen LogP contribution < -0.4 is 20.7 Å². The van der Waals surface area contributed by atoms with E-state index in [4.69, 9.17) is 27.9 Å².